The number of carbonyl (C=O) groups excluding carboxylic acids is 2. The molecule has 8 heteroatoms. The Bertz CT molecular complexity index is 1050. The van der Waals surface area contributed by atoms with Gasteiger partial charge in [0.15, 0.2) is 6.61 Å². The first-order chi connectivity index (χ1) is 14.9. The van der Waals surface area contributed by atoms with E-state index in [0.29, 0.717) is 39.3 Å². The third kappa shape index (κ3) is 6.64. The maximum atomic E-state index is 12.4. The fourth-order valence-corrected chi connectivity index (χ4v) is 2.91. The third-order valence-electron chi connectivity index (χ3n) is 4.12. The summed E-state index contributed by atoms with van der Waals surface area (Å²) < 4.78 is 10.8. The summed E-state index contributed by atoms with van der Waals surface area (Å²) in [4.78, 5) is 24.5. The number of nitrogens with one attached hydrogen (secondary N) is 2. The Labute approximate surface area is 190 Å². The van der Waals surface area contributed by atoms with Crippen molar-refractivity contribution in [1.82, 2.24) is 0 Å². The van der Waals surface area contributed by atoms with Crippen LogP contribution in [0.5, 0.6) is 11.5 Å². The second kappa shape index (κ2) is 10.7. The first kappa shape index (κ1) is 22.5. The molecule has 0 aliphatic carbocycles. The second-order valence-corrected chi connectivity index (χ2v) is 7.22. The Morgan fingerprint density at radius 2 is 1.39 bits per heavy atom. The molecule has 0 aliphatic heterocycles. The molecule has 2 N–H and O–H groups in total. The maximum Gasteiger partial charge on any atom is 0.262 e. The minimum atomic E-state index is -0.349. The van der Waals surface area contributed by atoms with Crippen LogP contribution < -0.4 is 20.1 Å². The van der Waals surface area contributed by atoms with Crippen LogP contribution in [0.25, 0.3) is 0 Å². The molecule has 0 aromatic heterocycles. The summed E-state index contributed by atoms with van der Waals surface area (Å²) in [6, 6.07) is 18.4. The van der Waals surface area contributed by atoms with Crippen LogP contribution in [0.2, 0.25) is 10.0 Å². The largest absolute Gasteiger partial charge is 0.494 e. The fourth-order valence-electron chi connectivity index (χ4n) is 2.62. The van der Waals surface area contributed by atoms with E-state index >= 15 is 0 Å². The van der Waals surface area contributed by atoms with Crippen molar-refractivity contribution in [3.63, 3.8) is 0 Å². The molecule has 0 heterocycles. The monoisotopic (exact) mass is 458 g/mol. The Morgan fingerprint density at radius 1 is 0.774 bits per heavy atom. The zero-order valence-electron chi connectivity index (χ0n) is 16.7. The highest BCUT2D eigenvalue weighted by Gasteiger charge is 2.09. The third-order valence-corrected chi connectivity index (χ3v) is 4.85. The molecule has 0 aliphatic rings. The molecule has 0 atom stereocenters. The zero-order chi connectivity index (χ0) is 22.2. The molecular formula is C23H20Cl2N2O4. The topological polar surface area (TPSA) is 76.7 Å². The van der Waals surface area contributed by atoms with Crippen LogP contribution in [0.15, 0.2) is 66.7 Å². The minimum absolute atomic E-state index is 0.196. The lowest BCUT2D eigenvalue weighted by molar-refractivity contribution is -0.118. The summed E-state index contributed by atoms with van der Waals surface area (Å²) in [6.07, 6.45) is 0. The molecule has 3 rings (SSSR count). The van der Waals surface area contributed by atoms with E-state index in [1.165, 1.54) is 6.07 Å². The van der Waals surface area contributed by atoms with E-state index in [-0.39, 0.29) is 18.4 Å². The highest BCUT2D eigenvalue weighted by atomic mass is 35.5. The van der Waals surface area contributed by atoms with Crippen molar-refractivity contribution < 1.29 is 19.1 Å². The van der Waals surface area contributed by atoms with Gasteiger partial charge in [0, 0.05) is 23.0 Å². The summed E-state index contributed by atoms with van der Waals surface area (Å²) in [5, 5.41) is 6.27. The number of hydrogen-bond donors (Lipinski definition) is 2. The lowest BCUT2D eigenvalue weighted by Crippen LogP contribution is -2.20. The van der Waals surface area contributed by atoms with Crippen LogP contribution in [0.4, 0.5) is 11.4 Å². The van der Waals surface area contributed by atoms with Crippen molar-refractivity contribution in [2.75, 3.05) is 23.8 Å². The molecule has 0 radical (unpaired) electrons. The smallest absolute Gasteiger partial charge is 0.262 e. The van der Waals surface area contributed by atoms with Crippen molar-refractivity contribution in [2.24, 2.45) is 0 Å². The molecule has 2 amide bonds. The normalized spacial score (nSPS) is 10.3. The molecule has 0 saturated carbocycles. The average molecular weight is 459 g/mol. The van der Waals surface area contributed by atoms with Crippen molar-refractivity contribution >= 4 is 46.4 Å². The van der Waals surface area contributed by atoms with Gasteiger partial charge < -0.3 is 20.1 Å². The van der Waals surface area contributed by atoms with Crippen molar-refractivity contribution in [3.8, 4) is 11.5 Å². The molecule has 31 heavy (non-hydrogen) atoms. The van der Waals surface area contributed by atoms with Gasteiger partial charge in [-0.2, -0.15) is 0 Å². The number of benzene rings is 3. The number of rotatable bonds is 8. The standard InChI is InChI=1S/C23H20Cl2N2O4/c1-2-30-18-9-7-17(8-10-18)27-23(29)15-3-5-16(6-4-15)26-22(28)14-31-19-11-12-20(24)21(25)13-19/h3-13H,2,14H2,1H3,(H,26,28)(H,27,29). The summed E-state index contributed by atoms with van der Waals surface area (Å²) in [7, 11) is 0. The van der Waals surface area contributed by atoms with Gasteiger partial charge in [-0.25, -0.2) is 0 Å². The highest BCUT2D eigenvalue weighted by Crippen LogP contribution is 2.26. The maximum absolute atomic E-state index is 12.4. The predicted molar refractivity (Wildman–Crippen MR) is 123 cm³/mol. The molecule has 0 unspecified atom stereocenters. The van der Waals surface area contributed by atoms with Crippen molar-refractivity contribution in [3.05, 3.63) is 82.3 Å². The number of halogens is 2. The van der Waals surface area contributed by atoms with E-state index in [9.17, 15) is 9.59 Å². The van der Waals surface area contributed by atoms with Gasteiger partial charge in [-0.15, -0.1) is 0 Å². The fraction of sp³-hybridized carbons (Fsp3) is 0.130. The van der Waals surface area contributed by atoms with Gasteiger partial charge in [0.2, 0.25) is 0 Å². The first-order valence-electron chi connectivity index (χ1n) is 9.46. The van der Waals surface area contributed by atoms with Crippen molar-refractivity contribution in [2.45, 2.75) is 6.92 Å². The summed E-state index contributed by atoms with van der Waals surface area (Å²) >= 11 is 11.8. The van der Waals surface area contributed by atoms with Gasteiger partial charge in [-0.3, -0.25) is 9.59 Å². The lowest BCUT2D eigenvalue weighted by atomic mass is 10.2. The molecule has 3 aromatic carbocycles. The Balaban J connectivity index is 1.51. The predicted octanol–water partition coefficient (Wildman–Crippen LogP) is 5.66. The molecule has 0 spiro atoms. The highest BCUT2D eigenvalue weighted by molar-refractivity contribution is 6.42. The van der Waals surface area contributed by atoms with Gasteiger partial charge in [-0.05, 0) is 67.6 Å². The molecule has 0 fully saturated rings. The van der Waals surface area contributed by atoms with E-state index in [2.05, 4.69) is 10.6 Å². The lowest BCUT2D eigenvalue weighted by Gasteiger charge is -2.09. The van der Waals surface area contributed by atoms with Crippen LogP contribution in [0, 0.1) is 0 Å². The Hall–Kier alpha value is -3.22. The van der Waals surface area contributed by atoms with Crippen LogP contribution in [-0.2, 0) is 4.79 Å². The molecule has 3 aromatic rings. The van der Waals surface area contributed by atoms with Crippen molar-refractivity contribution in [1.29, 1.82) is 0 Å². The molecular weight excluding hydrogens is 439 g/mol. The Morgan fingerprint density at radius 3 is 2.03 bits per heavy atom. The van der Waals surface area contributed by atoms with Gasteiger partial charge in [0.05, 0.1) is 16.7 Å². The number of ether oxygens (including phenoxy) is 2. The average Bonchev–Trinajstić information content (AvgIpc) is 2.76. The van der Waals surface area contributed by atoms with Gasteiger partial charge in [0.25, 0.3) is 11.8 Å². The number of amides is 2. The van der Waals surface area contributed by atoms with E-state index in [4.69, 9.17) is 32.7 Å². The van der Waals surface area contributed by atoms with E-state index in [1.807, 2.05) is 6.92 Å². The van der Waals surface area contributed by atoms with E-state index in [0.717, 1.165) is 5.75 Å². The summed E-state index contributed by atoms with van der Waals surface area (Å²) in [6.45, 7) is 2.29. The number of carbonyl (C=O) groups is 2. The number of anilines is 2. The second-order valence-electron chi connectivity index (χ2n) is 6.40. The molecule has 160 valence electrons. The quantitative estimate of drug-likeness (QED) is 0.456. The molecule has 0 saturated heterocycles. The van der Waals surface area contributed by atoms with Gasteiger partial charge >= 0.3 is 0 Å². The number of hydrogen-bond acceptors (Lipinski definition) is 4. The van der Waals surface area contributed by atoms with E-state index in [1.54, 1.807) is 60.7 Å². The van der Waals surface area contributed by atoms with Crippen LogP contribution in [-0.4, -0.2) is 25.0 Å². The van der Waals surface area contributed by atoms with Crippen LogP contribution in [0.1, 0.15) is 17.3 Å². The summed E-state index contributed by atoms with van der Waals surface area (Å²) in [5.74, 6) is 0.567. The first-order valence-corrected chi connectivity index (χ1v) is 10.2. The van der Waals surface area contributed by atoms with Crippen LogP contribution >= 0.6 is 23.2 Å². The van der Waals surface area contributed by atoms with Gasteiger partial charge in [-0.1, -0.05) is 23.2 Å². The molecule has 6 nitrogen and oxygen atoms in total. The van der Waals surface area contributed by atoms with E-state index < -0.39 is 0 Å². The summed E-state index contributed by atoms with van der Waals surface area (Å²) in [5.41, 5.74) is 1.66. The molecule has 0 bridgehead atoms. The minimum Gasteiger partial charge on any atom is -0.494 e. The van der Waals surface area contributed by atoms with Gasteiger partial charge in [0.1, 0.15) is 11.5 Å². The zero-order valence-corrected chi connectivity index (χ0v) is 18.2. The van der Waals surface area contributed by atoms with Crippen LogP contribution in [0.3, 0.4) is 0 Å². The Kier molecular flexibility index (Phi) is 7.76. The SMILES string of the molecule is CCOc1ccc(NC(=O)c2ccc(NC(=O)COc3ccc(Cl)c(Cl)c3)cc2)cc1.